The Kier molecular flexibility index (Phi) is 3.59. The van der Waals surface area contributed by atoms with Crippen molar-refractivity contribution in [2.24, 2.45) is 5.92 Å². The fourth-order valence-electron chi connectivity index (χ4n) is 1.95. The van der Waals surface area contributed by atoms with Gasteiger partial charge in [0.1, 0.15) is 17.5 Å². The van der Waals surface area contributed by atoms with Crippen molar-refractivity contribution < 1.29 is 0 Å². The van der Waals surface area contributed by atoms with Crippen molar-refractivity contribution in [1.82, 2.24) is 9.97 Å². The standard InChI is InChI=1S/C12H20N4/c1-2-11-15-10(13)8-12(16-11)14-7-6-9-4-3-5-9/h8-9H,2-7H2,1H3,(H3,13,14,15,16). The molecule has 1 fully saturated rings. The van der Waals surface area contributed by atoms with E-state index in [1.165, 1.54) is 25.7 Å². The summed E-state index contributed by atoms with van der Waals surface area (Å²) in [6.45, 7) is 3.02. The maximum Gasteiger partial charge on any atom is 0.132 e. The number of rotatable bonds is 5. The average Bonchev–Trinajstić information content (AvgIpc) is 2.21. The van der Waals surface area contributed by atoms with Gasteiger partial charge in [-0.15, -0.1) is 0 Å². The molecular weight excluding hydrogens is 200 g/mol. The molecule has 1 aliphatic carbocycles. The van der Waals surface area contributed by atoms with Gasteiger partial charge in [0.25, 0.3) is 0 Å². The predicted octanol–water partition coefficient (Wildman–Crippen LogP) is 2.22. The molecule has 16 heavy (non-hydrogen) atoms. The van der Waals surface area contributed by atoms with Crippen molar-refractivity contribution in [2.45, 2.75) is 39.0 Å². The number of hydrogen-bond acceptors (Lipinski definition) is 4. The van der Waals surface area contributed by atoms with Gasteiger partial charge in [-0.3, -0.25) is 0 Å². The second kappa shape index (κ2) is 5.14. The molecule has 1 aromatic heterocycles. The summed E-state index contributed by atoms with van der Waals surface area (Å²) < 4.78 is 0. The number of aryl methyl sites for hydroxylation is 1. The maximum atomic E-state index is 5.71. The Hall–Kier alpha value is -1.32. The topological polar surface area (TPSA) is 63.8 Å². The van der Waals surface area contributed by atoms with Gasteiger partial charge in [0.2, 0.25) is 0 Å². The van der Waals surface area contributed by atoms with Gasteiger partial charge in [-0.1, -0.05) is 26.2 Å². The molecular formula is C12H20N4. The second-order valence-electron chi connectivity index (χ2n) is 4.46. The minimum atomic E-state index is 0.554. The van der Waals surface area contributed by atoms with E-state index in [9.17, 15) is 0 Å². The van der Waals surface area contributed by atoms with Gasteiger partial charge < -0.3 is 11.1 Å². The molecule has 88 valence electrons. The Morgan fingerprint density at radius 1 is 1.44 bits per heavy atom. The van der Waals surface area contributed by atoms with Crippen molar-refractivity contribution in [1.29, 1.82) is 0 Å². The highest BCUT2D eigenvalue weighted by Crippen LogP contribution is 2.29. The first-order valence-electron chi connectivity index (χ1n) is 6.15. The summed E-state index contributed by atoms with van der Waals surface area (Å²) in [6, 6.07) is 1.81. The zero-order valence-corrected chi connectivity index (χ0v) is 9.87. The highest BCUT2D eigenvalue weighted by molar-refractivity contribution is 5.44. The smallest absolute Gasteiger partial charge is 0.132 e. The zero-order valence-electron chi connectivity index (χ0n) is 9.87. The lowest BCUT2D eigenvalue weighted by molar-refractivity contribution is 0.303. The maximum absolute atomic E-state index is 5.71. The van der Waals surface area contributed by atoms with Crippen LogP contribution in [0.3, 0.4) is 0 Å². The lowest BCUT2D eigenvalue weighted by atomic mass is 9.83. The zero-order chi connectivity index (χ0) is 11.4. The number of hydrogen-bond donors (Lipinski definition) is 2. The largest absolute Gasteiger partial charge is 0.384 e. The minimum Gasteiger partial charge on any atom is -0.384 e. The van der Waals surface area contributed by atoms with Gasteiger partial charge in [0, 0.05) is 19.0 Å². The van der Waals surface area contributed by atoms with Gasteiger partial charge in [-0.2, -0.15) is 0 Å². The summed E-state index contributed by atoms with van der Waals surface area (Å²) in [5.74, 6) is 3.16. The summed E-state index contributed by atoms with van der Waals surface area (Å²) in [6.07, 6.45) is 6.26. The molecule has 4 nitrogen and oxygen atoms in total. The van der Waals surface area contributed by atoms with E-state index in [0.717, 1.165) is 30.5 Å². The molecule has 1 heterocycles. The van der Waals surface area contributed by atoms with Crippen molar-refractivity contribution in [2.75, 3.05) is 17.6 Å². The molecule has 0 saturated heterocycles. The average molecular weight is 220 g/mol. The minimum absolute atomic E-state index is 0.554. The van der Waals surface area contributed by atoms with Crippen molar-refractivity contribution in [3.63, 3.8) is 0 Å². The van der Waals surface area contributed by atoms with E-state index >= 15 is 0 Å². The Morgan fingerprint density at radius 2 is 2.25 bits per heavy atom. The SMILES string of the molecule is CCc1nc(N)cc(NCCC2CCC2)n1. The number of aromatic nitrogens is 2. The molecule has 0 bridgehead atoms. The van der Waals surface area contributed by atoms with Gasteiger partial charge >= 0.3 is 0 Å². The van der Waals surface area contributed by atoms with Crippen LogP contribution in [0.15, 0.2) is 6.07 Å². The molecule has 1 aromatic rings. The molecule has 4 heteroatoms. The number of anilines is 2. The van der Waals surface area contributed by atoms with Crippen LogP contribution >= 0.6 is 0 Å². The molecule has 0 aromatic carbocycles. The number of nitrogen functional groups attached to an aromatic ring is 1. The van der Waals surface area contributed by atoms with Crippen LogP contribution in [0.2, 0.25) is 0 Å². The first-order valence-corrected chi connectivity index (χ1v) is 6.15. The molecule has 3 N–H and O–H groups in total. The molecule has 0 spiro atoms. The molecule has 0 aliphatic heterocycles. The third-order valence-corrected chi connectivity index (χ3v) is 3.19. The van der Waals surface area contributed by atoms with Crippen LogP contribution in [-0.2, 0) is 6.42 Å². The fourth-order valence-corrected chi connectivity index (χ4v) is 1.95. The van der Waals surface area contributed by atoms with Gasteiger partial charge in [0.15, 0.2) is 0 Å². The Balaban J connectivity index is 1.84. The number of nitrogens with two attached hydrogens (primary N) is 1. The summed E-state index contributed by atoms with van der Waals surface area (Å²) in [5, 5.41) is 3.33. The van der Waals surface area contributed by atoms with E-state index in [4.69, 9.17) is 5.73 Å². The monoisotopic (exact) mass is 220 g/mol. The van der Waals surface area contributed by atoms with Crippen molar-refractivity contribution in [3.8, 4) is 0 Å². The Bertz CT molecular complexity index is 347. The summed E-state index contributed by atoms with van der Waals surface area (Å²) in [5.41, 5.74) is 5.71. The summed E-state index contributed by atoms with van der Waals surface area (Å²) >= 11 is 0. The van der Waals surface area contributed by atoms with Crippen molar-refractivity contribution in [3.05, 3.63) is 11.9 Å². The molecule has 0 amide bonds. The van der Waals surface area contributed by atoms with Crippen LogP contribution in [0, 0.1) is 5.92 Å². The highest BCUT2D eigenvalue weighted by Gasteiger charge is 2.16. The molecule has 0 atom stereocenters. The first kappa shape index (κ1) is 11.2. The molecule has 1 aliphatic rings. The Labute approximate surface area is 96.7 Å². The first-order chi connectivity index (χ1) is 7.78. The predicted molar refractivity (Wildman–Crippen MR) is 66.3 cm³/mol. The molecule has 1 saturated carbocycles. The van der Waals surface area contributed by atoms with E-state index in [2.05, 4.69) is 15.3 Å². The third kappa shape index (κ3) is 2.84. The molecule has 0 unspecified atom stereocenters. The summed E-state index contributed by atoms with van der Waals surface area (Å²) in [7, 11) is 0. The lowest BCUT2D eigenvalue weighted by Crippen LogP contribution is -2.16. The van der Waals surface area contributed by atoms with E-state index in [-0.39, 0.29) is 0 Å². The van der Waals surface area contributed by atoms with E-state index in [1.54, 1.807) is 6.07 Å². The van der Waals surface area contributed by atoms with E-state index in [1.807, 2.05) is 6.92 Å². The van der Waals surface area contributed by atoms with Crippen LogP contribution in [0.4, 0.5) is 11.6 Å². The van der Waals surface area contributed by atoms with Crippen LogP contribution in [-0.4, -0.2) is 16.5 Å². The second-order valence-corrected chi connectivity index (χ2v) is 4.46. The van der Waals surface area contributed by atoms with Crippen LogP contribution in [0.1, 0.15) is 38.4 Å². The molecule has 2 rings (SSSR count). The van der Waals surface area contributed by atoms with Gasteiger partial charge in [0.05, 0.1) is 0 Å². The quantitative estimate of drug-likeness (QED) is 0.798. The van der Waals surface area contributed by atoms with Crippen LogP contribution < -0.4 is 11.1 Å². The van der Waals surface area contributed by atoms with Crippen LogP contribution in [0.25, 0.3) is 0 Å². The van der Waals surface area contributed by atoms with Gasteiger partial charge in [-0.05, 0) is 12.3 Å². The molecule has 0 radical (unpaired) electrons. The van der Waals surface area contributed by atoms with Crippen LogP contribution in [0.5, 0.6) is 0 Å². The normalized spacial score (nSPS) is 15.8. The number of nitrogens with zero attached hydrogens (tertiary/aromatic N) is 2. The Morgan fingerprint density at radius 3 is 2.88 bits per heavy atom. The van der Waals surface area contributed by atoms with Crippen molar-refractivity contribution >= 4 is 11.6 Å². The lowest BCUT2D eigenvalue weighted by Gasteiger charge is -2.25. The van der Waals surface area contributed by atoms with E-state index in [0.29, 0.717) is 5.82 Å². The van der Waals surface area contributed by atoms with E-state index < -0.39 is 0 Å². The highest BCUT2D eigenvalue weighted by atomic mass is 15.0. The van der Waals surface area contributed by atoms with Gasteiger partial charge in [-0.25, -0.2) is 9.97 Å². The number of nitrogens with one attached hydrogen (secondary N) is 1. The fraction of sp³-hybridized carbons (Fsp3) is 0.667. The summed E-state index contributed by atoms with van der Waals surface area (Å²) in [4.78, 5) is 8.54. The third-order valence-electron chi connectivity index (χ3n) is 3.19.